The number of nitrogens with zero attached hydrogens (tertiary/aromatic N) is 2. The first-order chi connectivity index (χ1) is 6.70. The minimum absolute atomic E-state index is 0.457. The average molecular weight is 236 g/mol. The normalized spacial score (nSPS) is 11.6. The molecule has 0 fully saturated rings. The highest BCUT2D eigenvalue weighted by Gasteiger charge is 2.21. The lowest BCUT2D eigenvalue weighted by Crippen LogP contribution is -2.13. The van der Waals surface area contributed by atoms with Gasteiger partial charge in [0.05, 0.1) is 25.6 Å². The first-order valence-corrected chi connectivity index (χ1v) is 6.84. The predicted molar refractivity (Wildman–Crippen MR) is 56.3 cm³/mol. The summed E-state index contributed by atoms with van der Waals surface area (Å²) in [5.74, 6) is 0. The topological polar surface area (TPSA) is 45.5 Å². The van der Waals surface area contributed by atoms with Gasteiger partial charge in [0.15, 0.2) is 0 Å². The Kier molecular flexibility index (Phi) is 4.54. The molecule has 0 aliphatic carbocycles. The highest BCUT2D eigenvalue weighted by molar-refractivity contribution is 8.07. The monoisotopic (exact) mass is 236 g/mol. The van der Waals surface area contributed by atoms with E-state index < -0.39 is 6.72 Å². The van der Waals surface area contributed by atoms with Crippen molar-refractivity contribution in [1.29, 1.82) is 0 Å². The molecule has 0 spiro atoms. The molecule has 0 saturated heterocycles. The van der Waals surface area contributed by atoms with Crippen LogP contribution in [0.1, 0.15) is 13.8 Å². The van der Waals surface area contributed by atoms with E-state index in [2.05, 4.69) is 5.10 Å². The standard InChI is InChI=1S/C7H13N2O3PS/c1-3-10-13(14,11-4-2)12-9-7-5-6-8-9/h5-7H,3-4H2,1-2H3. The fourth-order valence-corrected chi connectivity index (χ4v) is 2.75. The zero-order valence-electron chi connectivity index (χ0n) is 8.12. The second-order valence-electron chi connectivity index (χ2n) is 2.27. The van der Waals surface area contributed by atoms with Crippen LogP contribution in [0.5, 0.6) is 0 Å². The molecule has 1 aromatic rings. The van der Waals surface area contributed by atoms with Gasteiger partial charge < -0.3 is 4.62 Å². The zero-order valence-corrected chi connectivity index (χ0v) is 9.83. The molecule has 80 valence electrons. The van der Waals surface area contributed by atoms with Crippen LogP contribution in [0.2, 0.25) is 0 Å². The molecule has 0 unspecified atom stereocenters. The number of aromatic nitrogens is 2. The Labute approximate surface area is 88.2 Å². The Morgan fingerprint density at radius 2 is 2.00 bits per heavy atom. The molecule has 14 heavy (non-hydrogen) atoms. The summed E-state index contributed by atoms with van der Waals surface area (Å²) < 4.78 is 15.8. The fourth-order valence-electron chi connectivity index (χ4n) is 0.806. The van der Waals surface area contributed by atoms with E-state index in [0.29, 0.717) is 13.2 Å². The summed E-state index contributed by atoms with van der Waals surface area (Å²) in [7, 11) is 0. The molecule has 0 atom stereocenters. The molecule has 0 aliphatic rings. The molecule has 1 aromatic heterocycles. The van der Waals surface area contributed by atoms with Gasteiger partial charge in [-0.05, 0) is 19.9 Å². The lowest BCUT2D eigenvalue weighted by atomic mass is 10.8. The molecule has 7 heteroatoms. The van der Waals surface area contributed by atoms with Crippen molar-refractivity contribution in [3.63, 3.8) is 0 Å². The highest BCUT2D eigenvalue weighted by Crippen LogP contribution is 2.45. The van der Waals surface area contributed by atoms with Crippen molar-refractivity contribution in [3.8, 4) is 0 Å². The molecule has 0 aromatic carbocycles. The van der Waals surface area contributed by atoms with Crippen molar-refractivity contribution in [2.24, 2.45) is 0 Å². The van der Waals surface area contributed by atoms with Crippen LogP contribution in [-0.4, -0.2) is 23.2 Å². The Balaban J connectivity index is 2.64. The van der Waals surface area contributed by atoms with Gasteiger partial charge in [-0.15, -0.1) is 5.10 Å². The van der Waals surface area contributed by atoms with Crippen molar-refractivity contribution in [3.05, 3.63) is 18.5 Å². The number of hydrogen-bond donors (Lipinski definition) is 0. The van der Waals surface area contributed by atoms with E-state index in [1.165, 1.54) is 4.85 Å². The summed E-state index contributed by atoms with van der Waals surface area (Å²) in [4.78, 5) is 1.26. The third-order valence-electron chi connectivity index (χ3n) is 1.24. The fraction of sp³-hybridized carbons (Fsp3) is 0.571. The molecule has 0 saturated carbocycles. The molecule has 1 rings (SSSR count). The van der Waals surface area contributed by atoms with Crippen LogP contribution >= 0.6 is 6.72 Å². The molecular weight excluding hydrogens is 223 g/mol. The van der Waals surface area contributed by atoms with Crippen LogP contribution in [-0.2, 0) is 20.9 Å². The van der Waals surface area contributed by atoms with Crippen LogP contribution in [0, 0.1) is 0 Å². The summed E-state index contributed by atoms with van der Waals surface area (Å²) in [5.41, 5.74) is 0. The van der Waals surface area contributed by atoms with Gasteiger partial charge in [-0.25, -0.2) is 0 Å². The van der Waals surface area contributed by atoms with E-state index in [0.717, 1.165) is 0 Å². The van der Waals surface area contributed by atoms with Crippen LogP contribution < -0.4 is 4.62 Å². The first kappa shape index (κ1) is 11.7. The number of hydrogen-bond acceptors (Lipinski definition) is 5. The van der Waals surface area contributed by atoms with E-state index in [4.69, 9.17) is 25.5 Å². The van der Waals surface area contributed by atoms with Crippen molar-refractivity contribution < 1.29 is 13.7 Å². The van der Waals surface area contributed by atoms with Gasteiger partial charge in [-0.2, -0.15) is 0 Å². The average Bonchev–Trinajstić information content (AvgIpc) is 2.57. The van der Waals surface area contributed by atoms with E-state index in [1.807, 2.05) is 13.8 Å². The summed E-state index contributed by atoms with van der Waals surface area (Å²) in [6.07, 6.45) is 3.23. The minimum atomic E-state index is -2.67. The van der Waals surface area contributed by atoms with Crippen molar-refractivity contribution >= 4 is 18.5 Å². The van der Waals surface area contributed by atoms with Crippen molar-refractivity contribution in [2.75, 3.05) is 13.2 Å². The molecule has 0 aliphatic heterocycles. The summed E-state index contributed by atoms with van der Waals surface area (Å²) in [6, 6.07) is 1.73. The van der Waals surface area contributed by atoms with E-state index in [1.54, 1.807) is 18.5 Å². The first-order valence-electron chi connectivity index (χ1n) is 4.29. The summed E-state index contributed by atoms with van der Waals surface area (Å²) in [6.45, 7) is 1.92. The lowest BCUT2D eigenvalue weighted by Gasteiger charge is -2.19. The molecule has 0 bridgehead atoms. The highest BCUT2D eigenvalue weighted by atomic mass is 32.5. The third kappa shape index (κ3) is 3.38. The van der Waals surface area contributed by atoms with Crippen LogP contribution in [0.25, 0.3) is 0 Å². The third-order valence-corrected chi connectivity index (χ3v) is 3.59. The van der Waals surface area contributed by atoms with Gasteiger partial charge in [0, 0.05) is 11.8 Å². The minimum Gasteiger partial charge on any atom is -0.315 e. The van der Waals surface area contributed by atoms with Crippen molar-refractivity contribution in [2.45, 2.75) is 13.8 Å². The Morgan fingerprint density at radius 1 is 1.36 bits per heavy atom. The largest absolute Gasteiger partial charge is 0.402 e. The molecule has 1 heterocycles. The smallest absolute Gasteiger partial charge is 0.315 e. The van der Waals surface area contributed by atoms with Gasteiger partial charge in [0.2, 0.25) is 0 Å². The van der Waals surface area contributed by atoms with Gasteiger partial charge in [0.1, 0.15) is 0 Å². The summed E-state index contributed by atoms with van der Waals surface area (Å²) >= 11 is 5.13. The zero-order chi connectivity index (χ0) is 10.4. The number of rotatable bonds is 6. The van der Waals surface area contributed by atoms with Crippen LogP contribution in [0.4, 0.5) is 0 Å². The summed E-state index contributed by atoms with van der Waals surface area (Å²) in [5, 5.41) is 3.86. The van der Waals surface area contributed by atoms with E-state index >= 15 is 0 Å². The second-order valence-corrected chi connectivity index (χ2v) is 5.19. The molecule has 5 nitrogen and oxygen atoms in total. The Morgan fingerprint density at radius 3 is 2.43 bits per heavy atom. The maximum Gasteiger partial charge on any atom is 0.402 e. The maximum absolute atomic E-state index is 5.31. The van der Waals surface area contributed by atoms with E-state index in [-0.39, 0.29) is 0 Å². The van der Waals surface area contributed by atoms with E-state index in [9.17, 15) is 0 Å². The molecular formula is C7H13N2O3PS. The van der Waals surface area contributed by atoms with Gasteiger partial charge in [-0.1, -0.05) is 4.85 Å². The SMILES string of the molecule is CCOP(=S)(OCC)On1cccn1. The Hall–Kier alpha value is -0.420. The second kappa shape index (κ2) is 5.46. The van der Waals surface area contributed by atoms with Gasteiger partial charge in [-0.3, -0.25) is 9.05 Å². The lowest BCUT2D eigenvalue weighted by molar-refractivity contribution is 0.138. The Bertz CT molecular complexity index is 294. The van der Waals surface area contributed by atoms with Crippen LogP contribution in [0.15, 0.2) is 18.5 Å². The predicted octanol–water partition coefficient (Wildman–Crippen LogP) is 1.61. The quantitative estimate of drug-likeness (QED) is 0.702. The van der Waals surface area contributed by atoms with Gasteiger partial charge in [0.25, 0.3) is 0 Å². The van der Waals surface area contributed by atoms with Crippen molar-refractivity contribution in [1.82, 2.24) is 9.94 Å². The molecule has 0 radical (unpaired) electrons. The van der Waals surface area contributed by atoms with Crippen LogP contribution in [0.3, 0.4) is 0 Å². The maximum atomic E-state index is 5.31. The molecule has 0 amide bonds. The molecule has 0 N–H and O–H groups in total. The van der Waals surface area contributed by atoms with Gasteiger partial charge >= 0.3 is 6.72 Å².